The van der Waals surface area contributed by atoms with Crippen molar-refractivity contribution in [3.8, 4) is 11.1 Å². The minimum absolute atomic E-state index is 0.113. The van der Waals surface area contributed by atoms with Gasteiger partial charge >= 0.3 is 6.18 Å². The number of hydrogen-bond acceptors (Lipinski definition) is 7. The highest BCUT2D eigenvalue weighted by molar-refractivity contribution is 6.36. The van der Waals surface area contributed by atoms with Crippen molar-refractivity contribution in [1.82, 2.24) is 20.0 Å². The molecule has 1 aromatic carbocycles. The van der Waals surface area contributed by atoms with Gasteiger partial charge in [0.1, 0.15) is 6.54 Å². The van der Waals surface area contributed by atoms with Crippen LogP contribution in [0.5, 0.6) is 0 Å². The number of fused-ring (bicyclic) bond motifs is 1. The third kappa shape index (κ3) is 5.14. The molecule has 9 nitrogen and oxygen atoms in total. The molecule has 0 radical (unpaired) electrons. The van der Waals surface area contributed by atoms with Crippen molar-refractivity contribution in [3.05, 3.63) is 68.7 Å². The molecule has 3 aromatic heterocycles. The van der Waals surface area contributed by atoms with Gasteiger partial charge in [-0.1, -0.05) is 34.4 Å². The van der Waals surface area contributed by atoms with Gasteiger partial charge in [0.25, 0.3) is 11.5 Å². The zero-order chi connectivity index (χ0) is 27.2. The van der Waals surface area contributed by atoms with Gasteiger partial charge in [0.15, 0.2) is 11.6 Å². The average Bonchev–Trinajstić information content (AvgIpc) is 3.47. The number of nitrogens with zero attached hydrogens (tertiary/aromatic N) is 4. The van der Waals surface area contributed by atoms with Crippen molar-refractivity contribution in [2.45, 2.75) is 25.2 Å². The van der Waals surface area contributed by atoms with Gasteiger partial charge in [0, 0.05) is 37.6 Å². The lowest BCUT2D eigenvalue weighted by atomic mass is 10.0. The first-order valence-corrected chi connectivity index (χ1v) is 12.1. The van der Waals surface area contributed by atoms with Crippen molar-refractivity contribution in [1.29, 1.82) is 0 Å². The van der Waals surface area contributed by atoms with Gasteiger partial charge in [-0.05, 0) is 35.7 Å². The molecule has 0 bridgehead atoms. The Morgan fingerprint density at radius 1 is 1.18 bits per heavy atom. The zero-order valence-corrected chi connectivity index (χ0v) is 20.9. The monoisotopic (exact) mass is 566 g/mol. The number of anilines is 2. The Kier molecular flexibility index (Phi) is 6.70. The van der Waals surface area contributed by atoms with E-state index >= 15 is 0 Å². The van der Waals surface area contributed by atoms with E-state index in [-0.39, 0.29) is 22.4 Å². The number of carbonyl (C=O) groups is 1. The number of nitrogens with one attached hydrogen (secondary N) is 1. The summed E-state index contributed by atoms with van der Waals surface area (Å²) in [4.78, 5) is 31.0. The first-order chi connectivity index (χ1) is 18.0. The predicted molar refractivity (Wildman–Crippen MR) is 137 cm³/mol. The highest BCUT2D eigenvalue weighted by atomic mass is 35.5. The number of alkyl halides is 3. The molecule has 1 aliphatic heterocycles. The van der Waals surface area contributed by atoms with Crippen LogP contribution in [0.15, 0.2) is 52.0 Å². The Hall–Kier alpha value is -3.77. The maximum atomic E-state index is 13.0. The smallest absolute Gasteiger partial charge is 0.380 e. The molecule has 0 aliphatic carbocycles. The summed E-state index contributed by atoms with van der Waals surface area (Å²) >= 11 is 12.5. The van der Waals surface area contributed by atoms with E-state index in [1.807, 2.05) is 4.90 Å². The summed E-state index contributed by atoms with van der Waals surface area (Å²) in [6.45, 7) is -0.394. The molecular weight excluding hydrogens is 548 g/mol. The van der Waals surface area contributed by atoms with E-state index in [1.165, 1.54) is 24.4 Å². The second-order valence-electron chi connectivity index (χ2n) is 8.80. The van der Waals surface area contributed by atoms with E-state index < -0.39 is 24.2 Å². The van der Waals surface area contributed by atoms with Gasteiger partial charge in [-0.3, -0.25) is 9.59 Å². The molecule has 1 fully saturated rings. The predicted octanol–water partition coefficient (Wildman–Crippen LogP) is 4.51. The normalized spacial score (nSPS) is 15.8. The number of amides is 1. The first-order valence-electron chi connectivity index (χ1n) is 11.3. The van der Waals surface area contributed by atoms with Crippen LogP contribution in [0.1, 0.15) is 16.8 Å². The van der Waals surface area contributed by atoms with Crippen LogP contribution in [0.3, 0.4) is 0 Å². The van der Waals surface area contributed by atoms with Gasteiger partial charge < -0.3 is 25.0 Å². The third-order valence-electron chi connectivity index (χ3n) is 6.16. The lowest BCUT2D eigenvalue weighted by Gasteiger charge is -2.18. The van der Waals surface area contributed by atoms with Crippen LogP contribution >= 0.6 is 23.2 Å². The summed E-state index contributed by atoms with van der Waals surface area (Å²) in [6, 6.07) is 6.74. The van der Waals surface area contributed by atoms with Gasteiger partial charge in [-0.15, -0.1) is 0 Å². The summed E-state index contributed by atoms with van der Waals surface area (Å²) in [5.74, 6) is 0.267. The molecule has 198 valence electrons. The summed E-state index contributed by atoms with van der Waals surface area (Å²) < 4.78 is 44.2. The fraction of sp³-hybridized carbons (Fsp3) is 0.250. The van der Waals surface area contributed by atoms with Crippen LogP contribution in [-0.4, -0.2) is 45.9 Å². The van der Waals surface area contributed by atoms with Crippen molar-refractivity contribution in [2.24, 2.45) is 0 Å². The number of nitrogens with two attached hydrogens (primary N) is 1. The van der Waals surface area contributed by atoms with Crippen molar-refractivity contribution in [2.75, 3.05) is 23.7 Å². The second kappa shape index (κ2) is 9.84. The number of halogens is 5. The molecule has 0 spiro atoms. The third-order valence-corrected chi connectivity index (χ3v) is 6.76. The SMILES string of the molecule is Nc1noc2c(N3CC[C@@H](NC(=O)c4ccc(-c5ccc(=O)n(CC(F)(F)F)c5)cc4Cl)C3)ncc(Cl)c12. The van der Waals surface area contributed by atoms with Gasteiger partial charge in [-0.2, -0.15) is 13.2 Å². The van der Waals surface area contributed by atoms with Crippen LogP contribution in [0, 0.1) is 0 Å². The summed E-state index contributed by atoms with van der Waals surface area (Å²) in [6.07, 6.45) is -1.35. The molecule has 4 heterocycles. The highest BCUT2D eigenvalue weighted by Crippen LogP contribution is 2.35. The maximum Gasteiger partial charge on any atom is 0.406 e. The standard InChI is InChI=1S/C24H19Cl2F3N6O3/c25-16-7-12(13-2-4-18(36)35(9-13)11-24(27,28)29)1-3-15(16)23(37)32-14-5-6-34(10-14)22-20-19(17(26)8-31-22)21(30)33-38-20/h1-4,7-9,14H,5-6,10-11H2,(H2,30,33)(H,32,37)/t14-/m1/s1. The van der Waals surface area contributed by atoms with Crippen LogP contribution < -0.4 is 21.5 Å². The molecule has 14 heteroatoms. The van der Waals surface area contributed by atoms with E-state index in [1.54, 1.807) is 6.07 Å². The molecule has 3 N–H and O–H groups in total. The number of aromatic nitrogens is 3. The first kappa shape index (κ1) is 25.9. The summed E-state index contributed by atoms with van der Waals surface area (Å²) in [7, 11) is 0. The Labute approximate surface area is 222 Å². The zero-order valence-electron chi connectivity index (χ0n) is 19.4. The molecule has 0 unspecified atom stereocenters. The number of carbonyl (C=O) groups excluding carboxylic acids is 1. The van der Waals surface area contributed by atoms with Crippen LogP contribution in [0.2, 0.25) is 10.0 Å². The molecule has 1 atom stereocenters. The Morgan fingerprint density at radius 3 is 2.68 bits per heavy atom. The number of pyridine rings is 2. The molecule has 5 rings (SSSR count). The fourth-order valence-electron chi connectivity index (χ4n) is 4.38. The van der Waals surface area contributed by atoms with E-state index in [2.05, 4.69) is 15.5 Å². The van der Waals surface area contributed by atoms with E-state index in [0.29, 0.717) is 57.0 Å². The van der Waals surface area contributed by atoms with E-state index in [9.17, 15) is 22.8 Å². The molecule has 1 aliphatic rings. The van der Waals surface area contributed by atoms with Crippen LogP contribution in [-0.2, 0) is 6.54 Å². The molecule has 1 amide bonds. The minimum atomic E-state index is -4.55. The Balaban J connectivity index is 1.29. The van der Waals surface area contributed by atoms with Gasteiger partial charge in [0.05, 0.1) is 21.0 Å². The number of hydrogen-bond donors (Lipinski definition) is 2. The number of nitrogen functional groups attached to an aromatic ring is 1. The second-order valence-corrected chi connectivity index (χ2v) is 9.61. The summed E-state index contributed by atoms with van der Waals surface area (Å²) in [5.41, 5.74) is 6.43. The lowest BCUT2D eigenvalue weighted by Crippen LogP contribution is -2.37. The molecule has 1 saturated heterocycles. The summed E-state index contributed by atoms with van der Waals surface area (Å²) in [5, 5.41) is 7.61. The number of rotatable bonds is 5. The number of benzene rings is 1. The highest BCUT2D eigenvalue weighted by Gasteiger charge is 2.30. The van der Waals surface area contributed by atoms with Crippen molar-refractivity contribution in [3.63, 3.8) is 0 Å². The van der Waals surface area contributed by atoms with Crippen LogP contribution in [0.4, 0.5) is 24.8 Å². The van der Waals surface area contributed by atoms with Crippen molar-refractivity contribution >= 4 is 51.7 Å². The Morgan fingerprint density at radius 2 is 1.95 bits per heavy atom. The maximum absolute atomic E-state index is 13.0. The van der Waals surface area contributed by atoms with Crippen LogP contribution in [0.25, 0.3) is 22.1 Å². The topological polar surface area (TPSA) is 119 Å². The van der Waals surface area contributed by atoms with Gasteiger partial charge in [0.2, 0.25) is 5.58 Å². The molecule has 4 aromatic rings. The Bertz CT molecular complexity index is 1600. The van der Waals surface area contributed by atoms with Gasteiger partial charge in [-0.25, -0.2) is 4.98 Å². The van der Waals surface area contributed by atoms with E-state index in [4.69, 9.17) is 33.5 Å². The largest absolute Gasteiger partial charge is 0.406 e. The molecule has 38 heavy (non-hydrogen) atoms. The quantitative estimate of drug-likeness (QED) is 0.364. The minimum Gasteiger partial charge on any atom is -0.380 e. The lowest BCUT2D eigenvalue weighted by molar-refractivity contribution is -0.141. The average molecular weight is 567 g/mol. The fourth-order valence-corrected chi connectivity index (χ4v) is 4.88. The van der Waals surface area contributed by atoms with Crippen molar-refractivity contribution < 1.29 is 22.5 Å². The molecular formula is C24H19Cl2F3N6O3. The van der Waals surface area contributed by atoms with E-state index in [0.717, 1.165) is 12.3 Å². The molecule has 0 saturated carbocycles.